The number of fused-ring (bicyclic) bond motifs is 1. The molecule has 2 aromatic rings. The number of carbonyl (C=O) groups is 2. The second-order valence-corrected chi connectivity index (χ2v) is 7.05. The summed E-state index contributed by atoms with van der Waals surface area (Å²) in [7, 11) is 0. The van der Waals surface area contributed by atoms with E-state index in [9.17, 15) is 14.0 Å². The first kappa shape index (κ1) is 18.2. The van der Waals surface area contributed by atoms with E-state index in [-0.39, 0.29) is 11.7 Å². The summed E-state index contributed by atoms with van der Waals surface area (Å²) in [5.41, 5.74) is 3.70. The number of carbonyl (C=O) groups excluding carboxylic acids is 2. The number of hydrogen-bond acceptors (Lipinski definition) is 4. The molecule has 1 atom stereocenters. The summed E-state index contributed by atoms with van der Waals surface area (Å²) < 4.78 is 14.6. The highest BCUT2D eigenvalue weighted by molar-refractivity contribution is 6.13. The monoisotopic (exact) mass is 380 g/mol. The fraction of sp³-hybridized carbons (Fsp3) is 0.286. The van der Waals surface area contributed by atoms with E-state index < -0.39 is 5.92 Å². The lowest BCUT2D eigenvalue weighted by Gasteiger charge is -2.34. The van der Waals surface area contributed by atoms with Crippen LogP contribution in [0.3, 0.4) is 0 Å². The molecule has 0 spiro atoms. The Kier molecular flexibility index (Phi) is 4.81. The average molecular weight is 380 g/mol. The van der Waals surface area contributed by atoms with E-state index in [0.29, 0.717) is 37.6 Å². The Bertz CT molecular complexity index is 951. The molecule has 0 radical (unpaired) electrons. The van der Waals surface area contributed by atoms with Crippen molar-refractivity contribution >= 4 is 35.6 Å². The van der Waals surface area contributed by atoms with E-state index in [1.165, 1.54) is 6.07 Å². The minimum atomic E-state index is -0.477. The lowest BCUT2D eigenvalue weighted by molar-refractivity contribution is -0.118. The average Bonchev–Trinajstić information content (AvgIpc) is 3.03. The van der Waals surface area contributed by atoms with Gasteiger partial charge in [0.05, 0.1) is 11.4 Å². The molecule has 1 saturated heterocycles. The van der Waals surface area contributed by atoms with Gasteiger partial charge in [-0.2, -0.15) is 0 Å². The van der Waals surface area contributed by atoms with Crippen LogP contribution in [0.5, 0.6) is 0 Å². The maximum absolute atomic E-state index is 14.6. The van der Waals surface area contributed by atoms with Gasteiger partial charge in [-0.25, -0.2) is 4.39 Å². The number of aliphatic imine (C=N–C) groups is 1. The molecule has 1 fully saturated rings. The van der Waals surface area contributed by atoms with Gasteiger partial charge in [0.1, 0.15) is 11.7 Å². The molecule has 0 bridgehead atoms. The molecule has 2 aliphatic rings. The highest BCUT2D eigenvalue weighted by atomic mass is 19.1. The van der Waals surface area contributed by atoms with Crippen LogP contribution < -0.4 is 10.2 Å². The van der Waals surface area contributed by atoms with Gasteiger partial charge < -0.3 is 15.1 Å². The first-order valence-electron chi connectivity index (χ1n) is 9.25. The van der Waals surface area contributed by atoms with Gasteiger partial charge in [0.2, 0.25) is 12.3 Å². The Morgan fingerprint density at radius 3 is 2.68 bits per heavy atom. The number of nitrogens with one attached hydrogen (secondary N) is 1. The number of nitrogens with zero attached hydrogens (tertiary/aromatic N) is 3. The third kappa shape index (κ3) is 3.35. The van der Waals surface area contributed by atoms with Crippen molar-refractivity contribution in [3.05, 3.63) is 53.3 Å². The Morgan fingerprint density at radius 2 is 1.96 bits per heavy atom. The molecule has 2 aliphatic heterocycles. The normalized spacial score (nSPS) is 19.1. The second kappa shape index (κ2) is 7.42. The summed E-state index contributed by atoms with van der Waals surface area (Å²) in [5.74, 6) is -0.963. The smallest absolute Gasteiger partial charge is 0.237 e. The van der Waals surface area contributed by atoms with Crippen LogP contribution in [0.15, 0.2) is 41.4 Å². The summed E-state index contributed by atoms with van der Waals surface area (Å²) in [6.45, 7) is 4.31. The molecule has 0 aliphatic carbocycles. The largest absolute Gasteiger partial charge is 0.366 e. The SMILES string of the molecule is Cc1cccc2c1C(C=Nc1ccc(N3CCN(C=O)CC3)c(F)c1)C(=O)N2. The van der Waals surface area contributed by atoms with Crippen molar-refractivity contribution in [2.24, 2.45) is 4.99 Å². The van der Waals surface area contributed by atoms with Crippen LogP contribution in [-0.4, -0.2) is 49.6 Å². The number of hydrogen-bond donors (Lipinski definition) is 1. The van der Waals surface area contributed by atoms with E-state index >= 15 is 0 Å². The van der Waals surface area contributed by atoms with Gasteiger partial charge in [-0.1, -0.05) is 12.1 Å². The lowest BCUT2D eigenvalue weighted by atomic mass is 9.97. The van der Waals surface area contributed by atoms with Crippen LogP contribution in [0.4, 0.5) is 21.5 Å². The maximum atomic E-state index is 14.6. The van der Waals surface area contributed by atoms with E-state index in [1.807, 2.05) is 30.0 Å². The fourth-order valence-corrected chi connectivity index (χ4v) is 3.75. The number of benzene rings is 2. The molecule has 4 rings (SSSR count). The first-order valence-corrected chi connectivity index (χ1v) is 9.25. The number of halogens is 1. The van der Waals surface area contributed by atoms with E-state index in [4.69, 9.17) is 0 Å². The maximum Gasteiger partial charge on any atom is 0.237 e. The molecule has 6 nitrogen and oxygen atoms in total. The van der Waals surface area contributed by atoms with Crippen molar-refractivity contribution in [1.82, 2.24) is 4.90 Å². The van der Waals surface area contributed by atoms with Gasteiger partial charge in [-0.05, 0) is 36.2 Å². The standard InChI is InChI=1S/C21H21FN4O2/c1-14-3-2-4-18-20(14)16(21(28)24-18)12-23-15-5-6-19(17(22)11-15)26-9-7-25(13-27)8-10-26/h2-6,11-13,16H,7-10H2,1H3,(H,24,28). The molecule has 2 heterocycles. The molecule has 0 aromatic heterocycles. The van der Waals surface area contributed by atoms with Crippen molar-refractivity contribution in [2.75, 3.05) is 36.4 Å². The highest BCUT2D eigenvalue weighted by Crippen LogP contribution is 2.34. The second-order valence-electron chi connectivity index (χ2n) is 7.05. The zero-order valence-corrected chi connectivity index (χ0v) is 15.6. The van der Waals surface area contributed by atoms with E-state index in [0.717, 1.165) is 23.2 Å². The fourth-order valence-electron chi connectivity index (χ4n) is 3.75. The Balaban J connectivity index is 1.52. The quantitative estimate of drug-likeness (QED) is 0.655. The minimum Gasteiger partial charge on any atom is -0.366 e. The molecule has 0 saturated carbocycles. The third-order valence-electron chi connectivity index (χ3n) is 5.28. The van der Waals surface area contributed by atoms with Crippen LogP contribution in [0, 0.1) is 12.7 Å². The predicted molar refractivity (Wildman–Crippen MR) is 107 cm³/mol. The van der Waals surface area contributed by atoms with Crippen LogP contribution in [0.25, 0.3) is 0 Å². The number of amides is 2. The molecule has 144 valence electrons. The van der Waals surface area contributed by atoms with Gasteiger partial charge in [0.15, 0.2) is 0 Å². The molecule has 7 heteroatoms. The Hall–Kier alpha value is -3.22. The predicted octanol–water partition coefficient (Wildman–Crippen LogP) is 2.85. The number of piperazine rings is 1. The van der Waals surface area contributed by atoms with Crippen LogP contribution in [0.1, 0.15) is 17.0 Å². The number of rotatable bonds is 4. The Labute approximate surface area is 162 Å². The number of aryl methyl sites for hydroxylation is 1. The summed E-state index contributed by atoms with van der Waals surface area (Å²) in [6, 6.07) is 10.5. The van der Waals surface area contributed by atoms with E-state index in [1.54, 1.807) is 23.2 Å². The lowest BCUT2D eigenvalue weighted by Crippen LogP contribution is -2.46. The van der Waals surface area contributed by atoms with Gasteiger partial charge >= 0.3 is 0 Å². The molecule has 2 aromatic carbocycles. The topological polar surface area (TPSA) is 65.0 Å². The summed E-state index contributed by atoms with van der Waals surface area (Å²) in [4.78, 5) is 31.0. The van der Waals surface area contributed by atoms with Crippen LogP contribution >= 0.6 is 0 Å². The highest BCUT2D eigenvalue weighted by Gasteiger charge is 2.30. The molecule has 1 unspecified atom stereocenters. The molecule has 1 N–H and O–H groups in total. The third-order valence-corrected chi connectivity index (χ3v) is 5.28. The molecular weight excluding hydrogens is 359 g/mol. The van der Waals surface area contributed by atoms with Crippen molar-refractivity contribution in [3.63, 3.8) is 0 Å². The zero-order valence-electron chi connectivity index (χ0n) is 15.6. The molecular formula is C21H21FN4O2. The van der Waals surface area contributed by atoms with Crippen molar-refractivity contribution in [1.29, 1.82) is 0 Å². The van der Waals surface area contributed by atoms with Gasteiger partial charge in [0, 0.05) is 44.1 Å². The van der Waals surface area contributed by atoms with Crippen molar-refractivity contribution in [2.45, 2.75) is 12.8 Å². The van der Waals surface area contributed by atoms with Crippen molar-refractivity contribution < 1.29 is 14.0 Å². The summed E-state index contributed by atoms with van der Waals surface area (Å²) in [6.07, 6.45) is 2.40. The van der Waals surface area contributed by atoms with Gasteiger partial charge in [0.25, 0.3) is 0 Å². The number of anilines is 2. The van der Waals surface area contributed by atoms with Gasteiger partial charge in [-0.15, -0.1) is 0 Å². The van der Waals surface area contributed by atoms with E-state index in [2.05, 4.69) is 10.3 Å². The summed E-state index contributed by atoms with van der Waals surface area (Å²) >= 11 is 0. The van der Waals surface area contributed by atoms with Gasteiger partial charge in [-0.3, -0.25) is 14.6 Å². The minimum absolute atomic E-state index is 0.127. The van der Waals surface area contributed by atoms with Crippen LogP contribution in [0.2, 0.25) is 0 Å². The first-order chi connectivity index (χ1) is 13.6. The zero-order chi connectivity index (χ0) is 19.7. The Morgan fingerprint density at radius 1 is 1.18 bits per heavy atom. The summed E-state index contributed by atoms with van der Waals surface area (Å²) in [5, 5.41) is 2.86. The van der Waals surface area contributed by atoms with Crippen molar-refractivity contribution in [3.8, 4) is 0 Å². The molecule has 28 heavy (non-hydrogen) atoms. The van der Waals surface area contributed by atoms with Crippen LogP contribution in [-0.2, 0) is 9.59 Å². The molecule has 2 amide bonds.